The minimum Gasteiger partial charge on any atom is -0.490 e. The van der Waals surface area contributed by atoms with Crippen LogP contribution in [0.5, 0.6) is 5.75 Å². The molecular formula is C35H36Cl2F2N4O5. The Morgan fingerprint density at radius 1 is 0.979 bits per heavy atom. The molecule has 9 nitrogen and oxygen atoms in total. The second-order valence-corrected chi connectivity index (χ2v) is 12.5. The highest BCUT2D eigenvalue weighted by molar-refractivity contribution is 6.33. The summed E-state index contributed by atoms with van der Waals surface area (Å²) in [5.74, 6) is -1.85. The van der Waals surface area contributed by atoms with Crippen molar-refractivity contribution in [3.05, 3.63) is 97.8 Å². The van der Waals surface area contributed by atoms with Crippen LogP contribution in [0.2, 0.25) is 10.0 Å². The Morgan fingerprint density at radius 3 is 2.33 bits per heavy atom. The summed E-state index contributed by atoms with van der Waals surface area (Å²) in [6, 6.07) is 8.45. The molecule has 0 radical (unpaired) electrons. The zero-order valence-corrected chi connectivity index (χ0v) is 28.6. The molecule has 2 aromatic carbocycles. The number of carbonyl (C=O) groups is 1. The van der Waals surface area contributed by atoms with Gasteiger partial charge in [-0.3, -0.25) is 14.8 Å². The number of methoxy groups -OCH3 is 1. The van der Waals surface area contributed by atoms with E-state index < -0.39 is 17.6 Å². The lowest BCUT2D eigenvalue weighted by molar-refractivity contribution is 0.0696. The highest BCUT2D eigenvalue weighted by Gasteiger charge is 2.20. The van der Waals surface area contributed by atoms with E-state index in [1.54, 1.807) is 17.9 Å². The van der Waals surface area contributed by atoms with Crippen LogP contribution < -0.4 is 16.0 Å². The first-order valence-electron chi connectivity index (χ1n) is 15.1. The molecule has 0 bridgehead atoms. The van der Waals surface area contributed by atoms with Gasteiger partial charge in [0.15, 0.2) is 0 Å². The van der Waals surface area contributed by atoms with E-state index in [-0.39, 0.29) is 39.0 Å². The van der Waals surface area contributed by atoms with Gasteiger partial charge < -0.3 is 24.9 Å². The summed E-state index contributed by atoms with van der Waals surface area (Å²) in [7, 11) is 1.61. The van der Waals surface area contributed by atoms with Crippen molar-refractivity contribution in [3.63, 3.8) is 0 Å². The fourth-order valence-electron chi connectivity index (χ4n) is 5.46. The SMILES string of the molecule is COCCn1c(=O)c2c(C)nccc2c2cc(Cl)c(OC[C@@H](N)CC(C)C)cc21.Cc1nccc(-c2cc(F)c(Cl)cc2F)c1C(=O)O. The molecule has 0 saturated heterocycles. The van der Waals surface area contributed by atoms with E-state index in [0.717, 1.165) is 34.8 Å². The highest BCUT2D eigenvalue weighted by atomic mass is 35.5. The van der Waals surface area contributed by atoms with Crippen molar-refractivity contribution in [2.45, 2.75) is 46.7 Å². The number of rotatable bonds is 10. The molecule has 3 aromatic heterocycles. The van der Waals surface area contributed by atoms with Crippen molar-refractivity contribution < 1.29 is 28.2 Å². The van der Waals surface area contributed by atoms with E-state index in [1.165, 1.54) is 19.2 Å². The summed E-state index contributed by atoms with van der Waals surface area (Å²) >= 11 is 12.0. The molecule has 5 rings (SSSR count). The Kier molecular flexibility index (Phi) is 12.1. The fourth-order valence-corrected chi connectivity index (χ4v) is 5.83. The molecule has 3 N–H and O–H groups in total. The van der Waals surface area contributed by atoms with Gasteiger partial charge in [-0.05, 0) is 61.9 Å². The van der Waals surface area contributed by atoms with Crippen LogP contribution in [0.4, 0.5) is 8.78 Å². The van der Waals surface area contributed by atoms with Crippen LogP contribution in [0.1, 0.15) is 42.0 Å². The van der Waals surface area contributed by atoms with Gasteiger partial charge in [0.1, 0.15) is 24.0 Å². The van der Waals surface area contributed by atoms with Gasteiger partial charge in [0, 0.05) is 54.7 Å². The maximum Gasteiger partial charge on any atom is 0.338 e. The minimum absolute atomic E-state index is 0.0630. The second-order valence-electron chi connectivity index (χ2n) is 11.6. The van der Waals surface area contributed by atoms with Crippen LogP contribution in [-0.2, 0) is 11.3 Å². The van der Waals surface area contributed by atoms with Crippen molar-refractivity contribution in [2.75, 3.05) is 20.3 Å². The van der Waals surface area contributed by atoms with Crippen molar-refractivity contribution >= 4 is 50.8 Å². The maximum atomic E-state index is 13.8. The zero-order chi connectivity index (χ0) is 35.3. The molecule has 0 spiro atoms. The number of hydrogen-bond acceptors (Lipinski definition) is 7. The average Bonchev–Trinajstić information content (AvgIpc) is 3.01. The molecule has 0 aliphatic rings. The van der Waals surface area contributed by atoms with Gasteiger partial charge in [0.2, 0.25) is 0 Å². The van der Waals surface area contributed by atoms with E-state index >= 15 is 0 Å². The Bertz CT molecular complexity index is 2040. The Labute approximate surface area is 286 Å². The predicted molar refractivity (Wildman–Crippen MR) is 184 cm³/mol. The van der Waals surface area contributed by atoms with Gasteiger partial charge in [-0.1, -0.05) is 37.0 Å². The molecule has 0 fully saturated rings. The molecule has 0 aliphatic carbocycles. The summed E-state index contributed by atoms with van der Waals surface area (Å²) in [5.41, 5.74) is 7.45. The molecule has 5 aromatic rings. The molecule has 254 valence electrons. The summed E-state index contributed by atoms with van der Waals surface area (Å²) < 4.78 is 40.1. The van der Waals surface area contributed by atoms with Crippen molar-refractivity contribution in [3.8, 4) is 16.9 Å². The number of hydrogen-bond donors (Lipinski definition) is 2. The average molecular weight is 702 g/mol. The number of aryl methyl sites for hydroxylation is 2. The predicted octanol–water partition coefficient (Wildman–Crippen LogP) is 7.60. The summed E-state index contributed by atoms with van der Waals surface area (Å²) in [6.07, 6.45) is 3.91. The number of nitrogens with zero attached hydrogens (tertiary/aromatic N) is 3. The number of aromatic carboxylic acids is 1. The standard InChI is InChI=1S/C22H28ClN3O3.C13H8ClF2NO2/c1-13(2)9-15(24)12-29-20-11-19-17(10-18(20)23)16-5-6-25-14(3)21(16)22(27)26(19)7-8-28-4;1-6-12(13(18)19)7(2-3-17-6)8-4-11(16)9(14)5-10(8)15/h5-6,10-11,13,15H,7-9,12,24H2,1-4H3;2-5H,1H3,(H,18,19)/t15-;/m0./s1. The molecule has 48 heavy (non-hydrogen) atoms. The monoisotopic (exact) mass is 700 g/mol. The lowest BCUT2D eigenvalue weighted by Crippen LogP contribution is -2.29. The van der Waals surface area contributed by atoms with Crippen LogP contribution in [0.3, 0.4) is 0 Å². The highest BCUT2D eigenvalue weighted by Crippen LogP contribution is 2.34. The minimum atomic E-state index is -1.25. The Balaban J connectivity index is 0.000000237. The van der Waals surface area contributed by atoms with Crippen molar-refractivity contribution in [1.82, 2.24) is 14.5 Å². The number of nitrogens with two attached hydrogens (primary N) is 1. The van der Waals surface area contributed by atoms with Crippen LogP contribution in [-0.4, -0.2) is 52.0 Å². The van der Waals surface area contributed by atoms with Crippen molar-refractivity contribution in [2.24, 2.45) is 11.7 Å². The number of pyridine rings is 3. The van der Waals surface area contributed by atoms with Gasteiger partial charge in [0.25, 0.3) is 5.56 Å². The first-order valence-corrected chi connectivity index (χ1v) is 15.8. The number of halogens is 4. The molecule has 0 saturated carbocycles. The van der Waals surface area contributed by atoms with Crippen molar-refractivity contribution in [1.29, 1.82) is 0 Å². The van der Waals surface area contributed by atoms with Gasteiger partial charge in [-0.15, -0.1) is 0 Å². The van der Waals surface area contributed by atoms with E-state index in [2.05, 4.69) is 23.8 Å². The van der Waals surface area contributed by atoms with E-state index in [0.29, 0.717) is 47.5 Å². The topological polar surface area (TPSA) is 130 Å². The maximum absolute atomic E-state index is 13.8. The molecule has 3 heterocycles. The molecule has 13 heteroatoms. The third kappa shape index (κ3) is 8.10. The first kappa shape index (κ1) is 36.7. The summed E-state index contributed by atoms with van der Waals surface area (Å²) in [6.45, 7) is 8.77. The third-order valence-electron chi connectivity index (χ3n) is 7.63. The zero-order valence-electron chi connectivity index (χ0n) is 27.1. The lowest BCUT2D eigenvalue weighted by atomic mass is 9.99. The molecule has 0 amide bonds. The number of benzene rings is 2. The number of ether oxygens (including phenoxy) is 2. The molecule has 1 atom stereocenters. The Hall–Kier alpha value is -4.16. The summed E-state index contributed by atoms with van der Waals surface area (Å²) in [5, 5.41) is 11.6. The number of carboxylic acids is 1. The third-order valence-corrected chi connectivity index (χ3v) is 8.22. The first-order chi connectivity index (χ1) is 22.7. The van der Waals surface area contributed by atoms with Gasteiger partial charge in [0.05, 0.1) is 44.5 Å². The van der Waals surface area contributed by atoms with E-state index in [4.69, 9.17) is 43.5 Å². The van der Waals surface area contributed by atoms with Gasteiger partial charge in [-0.25, -0.2) is 13.6 Å². The second kappa shape index (κ2) is 15.8. The van der Waals surface area contributed by atoms with Gasteiger partial charge >= 0.3 is 5.97 Å². The fraction of sp³-hybridized carbons (Fsp3) is 0.314. The molecule has 0 unspecified atom stereocenters. The van der Waals surface area contributed by atoms with E-state index in [9.17, 15) is 18.4 Å². The van der Waals surface area contributed by atoms with Gasteiger partial charge in [-0.2, -0.15) is 0 Å². The number of aromatic nitrogens is 3. The Morgan fingerprint density at radius 2 is 1.67 bits per heavy atom. The van der Waals surface area contributed by atoms with Crippen LogP contribution in [0, 0.1) is 31.4 Å². The normalized spacial score (nSPS) is 11.9. The smallest absolute Gasteiger partial charge is 0.338 e. The number of carboxylic acid groups (broad SMARTS) is 1. The van der Waals surface area contributed by atoms with Crippen LogP contribution >= 0.6 is 23.2 Å². The quantitative estimate of drug-likeness (QED) is 0.113. The van der Waals surface area contributed by atoms with E-state index in [1.807, 2.05) is 25.1 Å². The lowest BCUT2D eigenvalue weighted by Gasteiger charge is -2.18. The summed E-state index contributed by atoms with van der Waals surface area (Å²) in [4.78, 5) is 32.5. The van der Waals surface area contributed by atoms with Crippen LogP contribution in [0.25, 0.3) is 32.8 Å². The molecular weight excluding hydrogens is 665 g/mol. The number of fused-ring (bicyclic) bond motifs is 3. The molecule has 0 aliphatic heterocycles. The van der Waals surface area contributed by atoms with Crippen LogP contribution in [0.15, 0.2) is 53.6 Å². The largest absolute Gasteiger partial charge is 0.490 e.